The molecule has 0 saturated heterocycles. The first-order valence-corrected chi connectivity index (χ1v) is 5.95. The van der Waals surface area contributed by atoms with Crippen molar-refractivity contribution in [1.29, 1.82) is 0 Å². The van der Waals surface area contributed by atoms with E-state index >= 15 is 0 Å². The van der Waals surface area contributed by atoms with Crippen molar-refractivity contribution in [2.45, 2.75) is 19.8 Å². The van der Waals surface area contributed by atoms with Gasteiger partial charge in [0.15, 0.2) is 0 Å². The number of benzene rings is 1. The van der Waals surface area contributed by atoms with E-state index in [2.05, 4.69) is 15.7 Å². The average molecular weight is 232 g/mol. The summed E-state index contributed by atoms with van der Waals surface area (Å²) in [5, 5.41) is 0. The quantitative estimate of drug-likeness (QED) is 0.761. The Balaban J connectivity index is 2.27. The summed E-state index contributed by atoms with van der Waals surface area (Å²) < 4.78 is 7.79. The van der Waals surface area contributed by atoms with E-state index in [-0.39, 0.29) is 5.78 Å². The lowest BCUT2D eigenvalue weighted by molar-refractivity contribution is 0.103. The summed E-state index contributed by atoms with van der Waals surface area (Å²) >= 11 is 1.06. The van der Waals surface area contributed by atoms with Gasteiger partial charge in [-0.05, 0) is 18.1 Å². The van der Waals surface area contributed by atoms with Crippen molar-refractivity contribution >= 4 is 17.5 Å². The van der Waals surface area contributed by atoms with Crippen molar-refractivity contribution in [1.82, 2.24) is 8.75 Å². The molecule has 0 atom stereocenters. The fourth-order valence-corrected chi connectivity index (χ4v) is 1.98. The Morgan fingerprint density at radius 2 is 2.31 bits per heavy atom. The zero-order valence-electron chi connectivity index (χ0n) is 9.01. The first-order valence-electron chi connectivity index (χ1n) is 5.22. The maximum absolute atomic E-state index is 12.0. The second kappa shape index (κ2) is 4.99. The van der Waals surface area contributed by atoms with Crippen LogP contribution < -0.4 is 0 Å². The van der Waals surface area contributed by atoms with Gasteiger partial charge in [-0.2, -0.15) is 8.75 Å². The highest BCUT2D eigenvalue weighted by atomic mass is 32.1. The summed E-state index contributed by atoms with van der Waals surface area (Å²) in [7, 11) is 0. The van der Waals surface area contributed by atoms with Gasteiger partial charge in [0.25, 0.3) is 0 Å². The number of aryl methyl sites for hydroxylation is 1. The van der Waals surface area contributed by atoms with Crippen LogP contribution in [-0.4, -0.2) is 14.5 Å². The molecule has 1 aromatic heterocycles. The van der Waals surface area contributed by atoms with Crippen molar-refractivity contribution in [3.8, 4) is 0 Å². The molecule has 0 saturated carbocycles. The number of hydrogen-bond acceptors (Lipinski definition) is 4. The molecule has 0 spiro atoms. The van der Waals surface area contributed by atoms with E-state index in [1.54, 1.807) is 0 Å². The van der Waals surface area contributed by atoms with E-state index in [1.165, 1.54) is 11.8 Å². The third-order valence-corrected chi connectivity index (χ3v) is 2.80. The van der Waals surface area contributed by atoms with Crippen molar-refractivity contribution in [3.63, 3.8) is 0 Å². The molecule has 0 unspecified atom stereocenters. The highest BCUT2D eigenvalue weighted by Gasteiger charge is 2.11. The number of rotatable bonds is 4. The number of ketones is 1. The van der Waals surface area contributed by atoms with E-state index in [0.29, 0.717) is 11.3 Å². The van der Waals surface area contributed by atoms with Crippen molar-refractivity contribution in [2.75, 3.05) is 0 Å². The topological polar surface area (TPSA) is 42.9 Å². The molecule has 0 N–H and O–H groups in total. The molecule has 1 heterocycles. The van der Waals surface area contributed by atoms with Crippen LogP contribution >= 0.6 is 11.7 Å². The molecule has 2 rings (SSSR count). The molecule has 0 radical (unpaired) electrons. The van der Waals surface area contributed by atoms with Gasteiger partial charge in [0.1, 0.15) is 5.69 Å². The van der Waals surface area contributed by atoms with Crippen LogP contribution in [0.15, 0.2) is 30.5 Å². The minimum Gasteiger partial charge on any atom is -0.287 e. The second-order valence-corrected chi connectivity index (χ2v) is 4.13. The maximum atomic E-state index is 12.0. The normalized spacial score (nSPS) is 10.3. The predicted octanol–water partition coefficient (Wildman–Crippen LogP) is 2.72. The van der Waals surface area contributed by atoms with E-state index < -0.39 is 0 Å². The monoisotopic (exact) mass is 232 g/mol. The van der Waals surface area contributed by atoms with Crippen molar-refractivity contribution < 1.29 is 4.79 Å². The molecule has 16 heavy (non-hydrogen) atoms. The average Bonchev–Trinajstić information content (AvgIpc) is 2.82. The summed E-state index contributed by atoms with van der Waals surface area (Å²) in [6.45, 7) is 2.12. The smallest absolute Gasteiger partial charge is 0.214 e. The minimum absolute atomic E-state index is 0.0493. The molecule has 1 aromatic carbocycles. The first-order chi connectivity index (χ1) is 7.81. The number of hydrogen-bond donors (Lipinski definition) is 0. The Labute approximate surface area is 98.5 Å². The highest BCUT2D eigenvalue weighted by molar-refractivity contribution is 6.99. The standard InChI is InChI=1S/C12H12N2OS/c1-2-4-9-5-3-6-10(7-9)12(15)11-8-13-16-14-11/h3,5-8H,2,4H2,1H3. The van der Waals surface area contributed by atoms with Gasteiger partial charge in [-0.25, -0.2) is 0 Å². The Morgan fingerprint density at radius 1 is 1.44 bits per heavy atom. The lowest BCUT2D eigenvalue weighted by Crippen LogP contribution is -2.02. The molecule has 0 aliphatic rings. The van der Waals surface area contributed by atoms with Crippen LogP contribution in [0.5, 0.6) is 0 Å². The Morgan fingerprint density at radius 3 is 3.00 bits per heavy atom. The van der Waals surface area contributed by atoms with Gasteiger partial charge in [0, 0.05) is 5.56 Å². The van der Waals surface area contributed by atoms with Crippen molar-refractivity contribution in [3.05, 3.63) is 47.3 Å². The third kappa shape index (κ3) is 2.33. The van der Waals surface area contributed by atoms with Gasteiger partial charge in [-0.1, -0.05) is 31.5 Å². The summed E-state index contributed by atoms with van der Waals surface area (Å²) in [5.41, 5.74) is 2.31. The molecule has 2 aromatic rings. The highest BCUT2D eigenvalue weighted by Crippen LogP contribution is 2.11. The van der Waals surface area contributed by atoms with E-state index in [4.69, 9.17) is 0 Å². The molecule has 0 amide bonds. The van der Waals surface area contributed by atoms with Gasteiger partial charge in [-0.15, -0.1) is 0 Å². The first kappa shape index (κ1) is 11.0. The Hall–Kier alpha value is -1.55. The van der Waals surface area contributed by atoms with Gasteiger partial charge in [0.2, 0.25) is 5.78 Å². The fraction of sp³-hybridized carbons (Fsp3) is 0.250. The van der Waals surface area contributed by atoms with Crippen LogP contribution in [0, 0.1) is 0 Å². The molecular formula is C12H12N2OS. The SMILES string of the molecule is CCCc1cccc(C(=O)c2cnsn2)c1. The zero-order valence-corrected chi connectivity index (χ0v) is 9.83. The van der Waals surface area contributed by atoms with Crippen LogP contribution in [0.3, 0.4) is 0 Å². The van der Waals surface area contributed by atoms with E-state index in [9.17, 15) is 4.79 Å². The number of nitrogens with zero attached hydrogens (tertiary/aromatic N) is 2. The Bertz CT molecular complexity index is 480. The van der Waals surface area contributed by atoms with Crippen LogP contribution in [0.2, 0.25) is 0 Å². The number of carbonyl (C=O) groups is 1. The fourth-order valence-electron chi connectivity index (χ4n) is 1.57. The summed E-state index contributed by atoms with van der Waals surface area (Å²) in [4.78, 5) is 12.0. The van der Waals surface area contributed by atoms with Crippen LogP contribution in [0.4, 0.5) is 0 Å². The van der Waals surface area contributed by atoms with E-state index in [1.807, 2.05) is 24.3 Å². The number of aromatic nitrogens is 2. The van der Waals surface area contributed by atoms with Crippen LogP contribution in [0.25, 0.3) is 0 Å². The van der Waals surface area contributed by atoms with Crippen LogP contribution in [0.1, 0.15) is 35.0 Å². The third-order valence-electron chi connectivity index (χ3n) is 2.32. The molecule has 82 valence electrons. The van der Waals surface area contributed by atoms with Gasteiger partial charge >= 0.3 is 0 Å². The molecule has 0 fully saturated rings. The predicted molar refractivity (Wildman–Crippen MR) is 63.8 cm³/mol. The number of carbonyl (C=O) groups excluding carboxylic acids is 1. The molecule has 3 nitrogen and oxygen atoms in total. The largest absolute Gasteiger partial charge is 0.287 e. The zero-order chi connectivity index (χ0) is 11.4. The second-order valence-electron chi connectivity index (χ2n) is 3.57. The van der Waals surface area contributed by atoms with Gasteiger partial charge in [-0.3, -0.25) is 4.79 Å². The molecule has 0 aliphatic carbocycles. The van der Waals surface area contributed by atoms with E-state index in [0.717, 1.165) is 24.6 Å². The minimum atomic E-state index is -0.0493. The lowest BCUT2D eigenvalue weighted by atomic mass is 10.0. The van der Waals surface area contributed by atoms with Crippen molar-refractivity contribution in [2.24, 2.45) is 0 Å². The lowest BCUT2D eigenvalue weighted by Gasteiger charge is -2.01. The molecule has 4 heteroatoms. The summed E-state index contributed by atoms with van der Waals surface area (Å²) in [6, 6.07) is 7.71. The molecule has 0 bridgehead atoms. The Kier molecular flexibility index (Phi) is 3.41. The summed E-state index contributed by atoms with van der Waals surface area (Å²) in [6.07, 6.45) is 3.59. The summed E-state index contributed by atoms with van der Waals surface area (Å²) in [5.74, 6) is -0.0493. The van der Waals surface area contributed by atoms with Gasteiger partial charge < -0.3 is 0 Å². The molecule has 0 aliphatic heterocycles. The van der Waals surface area contributed by atoms with Gasteiger partial charge in [0.05, 0.1) is 17.9 Å². The molecular weight excluding hydrogens is 220 g/mol. The maximum Gasteiger partial charge on any atom is 0.214 e. The van der Waals surface area contributed by atoms with Crippen LogP contribution in [-0.2, 0) is 6.42 Å².